The Hall–Kier alpha value is -0.910. The lowest BCUT2D eigenvalue weighted by atomic mass is 13.1. The van der Waals surface area contributed by atoms with Crippen molar-refractivity contribution in [3.05, 3.63) is 15.3 Å². The van der Waals surface area contributed by atoms with E-state index in [-0.39, 0.29) is 12.3 Å². The van der Waals surface area contributed by atoms with Crippen LogP contribution in [0.5, 0.6) is 0 Å². The minimum absolute atomic E-state index is 0. The summed E-state index contributed by atoms with van der Waals surface area (Å²) >= 11 is 0. The minimum atomic E-state index is -1.75. The summed E-state index contributed by atoms with van der Waals surface area (Å²) in [6.07, 6.45) is 0. The van der Waals surface area contributed by atoms with Gasteiger partial charge in [-0.2, -0.15) is 0 Å². The third kappa shape index (κ3) is 16.3. The smallest absolute Gasteiger partial charge is 0.356 e. The highest BCUT2D eigenvalue weighted by molar-refractivity contribution is 4.03. The van der Waals surface area contributed by atoms with E-state index in [2.05, 4.69) is 0 Å². The molecule has 5 nitrogen and oxygen atoms in total. The molecule has 3 N–H and O–H groups in total. The molecular weight excluding hydrogens is 95.0 g/mol. The Morgan fingerprint density at radius 3 is 1.50 bits per heavy atom. The van der Waals surface area contributed by atoms with Gasteiger partial charge in [0.1, 0.15) is 0 Å². The maximum atomic E-state index is 8.25. The molecule has 0 spiro atoms. The molecule has 0 unspecified atom stereocenters. The van der Waals surface area contributed by atoms with Gasteiger partial charge < -0.3 is 21.5 Å². The molecule has 0 aromatic rings. The molecular formula is H5FN2O3. The highest BCUT2D eigenvalue weighted by Crippen LogP contribution is 1.44. The molecule has 0 fully saturated rings. The van der Waals surface area contributed by atoms with Crippen LogP contribution < -0.4 is 6.15 Å². The Kier molecular flexibility index (Phi) is 29.0. The van der Waals surface area contributed by atoms with Gasteiger partial charge in [0.15, 0.2) is 0 Å². The fourth-order valence-corrected chi connectivity index (χ4v) is 0. The van der Waals surface area contributed by atoms with E-state index in [4.69, 9.17) is 15.3 Å². The summed E-state index contributed by atoms with van der Waals surface area (Å²) in [5.74, 6) is 0. The van der Waals surface area contributed by atoms with Crippen LogP contribution in [0.2, 0.25) is 0 Å². The normalized spacial score (nSPS) is 4.00. The summed E-state index contributed by atoms with van der Waals surface area (Å²) in [5, 5.41) is 14.8. The van der Waals surface area contributed by atoms with Crippen molar-refractivity contribution in [3.63, 3.8) is 0 Å². The van der Waals surface area contributed by atoms with Crippen molar-refractivity contribution in [2.75, 3.05) is 0 Å². The van der Waals surface area contributed by atoms with Crippen molar-refractivity contribution >= 4 is 0 Å². The summed E-state index contributed by atoms with van der Waals surface area (Å²) in [6, 6.07) is 0. The number of hydrogen-bond acceptors (Lipinski definition) is 4. The van der Waals surface area contributed by atoms with Crippen LogP contribution in [-0.4, -0.2) is 5.09 Å². The lowest BCUT2D eigenvalue weighted by molar-refractivity contribution is -0.402. The van der Waals surface area contributed by atoms with Gasteiger partial charge in [-0.15, -0.1) is 0 Å². The van der Waals surface area contributed by atoms with Crippen LogP contribution in [0.3, 0.4) is 0 Å². The Morgan fingerprint density at radius 2 is 1.50 bits per heavy atom. The number of hydrogen-bond donors (Lipinski definition) is 1. The maximum Gasteiger partial charge on any atom is 1.00 e. The summed E-state index contributed by atoms with van der Waals surface area (Å²) in [6.45, 7) is 0. The van der Waals surface area contributed by atoms with E-state index in [0.717, 1.165) is 0 Å². The zero-order valence-corrected chi connectivity index (χ0v) is 2.79. The summed E-state index contributed by atoms with van der Waals surface area (Å²) in [5.41, 5.74) is 0. The first kappa shape index (κ1) is 19.5. The molecule has 0 atom stereocenters. The molecule has 0 aliphatic carbocycles. The molecule has 0 saturated carbocycles. The summed E-state index contributed by atoms with van der Waals surface area (Å²) in [7, 11) is 0. The van der Waals surface area contributed by atoms with E-state index in [9.17, 15) is 0 Å². The van der Waals surface area contributed by atoms with Gasteiger partial charge in [0.2, 0.25) is 0 Å². The largest absolute Gasteiger partial charge is 1.00 e. The molecule has 6 heteroatoms. The average molecular weight is 100 g/mol. The molecule has 0 amide bonds. The standard InChI is InChI=1S/FH.NO3.H3N/c;2-1(3)4;/h1H;;1H3/q;-1;/p+1. The molecule has 0 rings (SSSR count). The van der Waals surface area contributed by atoms with Crippen LogP contribution in [0.25, 0.3) is 0 Å². The lowest BCUT2D eigenvalue weighted by Crippen LogP contribution is -1.74. The summed E-state index contributed by atoms with van der Waals surface area (Å²) in [4.78, 5) is 8.25. The third-order valence-electron chi connectivity index (χ3n) is 0. The first-order valence-corrected chi connectivity index (χ1v) is 0.548. The molecule has 0 aliphatic heterocycles. The van der Waals surface area contributed by atoms with E-state index in [1.54, 1.807) is 0 Å². The van der Waals surface area contributed by atoms with E-state index < -0.39 is 5.09 Å². The van der Waals surface area contributed by atoms with Gasteiger partial charge in [-0.25, -0.2) is 0 Å². The van der Waals surface area contributed by atoms with Gasteiger partial charge in [-0.05, 0) is 0 Å². The van der Waals surface area contributed by atoms with Crippen LogP contribution >= 0.6 is 0 Å². The first-order chi connectivity index (χ1) is 1.73. The van der Waals surface area contributed by atoms with Gasteiger partial charge in [0.05, 0.1) is 5.09 Å². The van der Waals surface area contributed by atoms with Crippen molar-refractivity contribution in [1.29, 1.82) is 0 Å². The SMILES string of the molecule is F.N.O=[N+]([O-])[O-].[H+]. The predicted molar refractivity (Wildman–Crippen MR) is 19.0 cm³/mol. The fourth-order valence-electron chi connectivity index (χ4n) is 0. The Bertz CT molecular complexity index is 35.9. The number of rotatable bonds is 0. The van der Waals surface area contributed by atoms with Crippen LogP contribution in [0.4, 0.5) is 4.70 Å². The molecule has 0 aromatic carbocycles. The second-order valence-electron chi connectivity index (χ2n) is 0.224. The molecule has 0 radical (unpaired) electrons. The Morgan fingerprint density at radius 1 is 1.50 bits per heavy atom. The van der Waals surface area contributed by atoms with E-state index >= 15 is 0 Å². The molecule has 0 heterocycles. The van der Waals surface area contributed by atoms with Gasteiger partial charge in [-0.3, -0.25) is 4.70 Å². The van der Waals surface area contributed by atoms with Crippen molar-refractivity contribution in [2.45, 2.75) is 0 Å². The van der Waals surface area contributed by atoms with E-state index in [1.165, 1.54) is 0 Å². The quantitative estimate of drug-likeness (QED) is 0.346. The highest BCUT2D eigenvalue weighted by Gasteiger charge is 1.45. The van der Waals surface area contributed by atoms with Crippen LogP contribution in [0.15, 0.2) is 0 Å². The topological polar surface area (TPSA) is 101 Å². The number of nitrogens with zero attached hydrogens (tertiary/aromatic N) is 1. The van der Waals surface area contributed by atoms with Crippen molar-refractivity contribution in [2.24, 2.45) is 0 Å². The predicted octanol–water partition coefficient (Wildman–Crippen LogP) is 0.188. The van der Waals surface area contributed by atoms with Gasteiger partial charge in [0, 0.05) is 0 Å². The molecule has 0 aliphatic rings. The van der Waals surface area contributed by atoms with E-state index in [1.807, 2.05) is 0 Å². The maximum absolute atomic E-state index is 8.25. The Labute approximate surface area is 34.1 Å². The third-order valence-corrected chi connectivity index (χ3v) is 0. The minimum Gasteiger partial charge on any atom is -0.356 e. The van der Waals surface area contributed by atoms with Crippen LogP contribution in [0.1, 0.15) is 1.43 Å². The zero-order chi connectivity index (χ0) is 3.58. The van der Waals surface area contributed by atoms with Crippen molar-refractivity contribution < 1.29 is 11.2 Å². The molecule has 0 aromatic heterocycles. The van der Waals surface area contributed by atoms with Crippen LogP contribution in [-0.2, 0) is 0 Å². The second-order valence-corrected chi connectivity index (χ2v) is 0.224. The molecule has 0 saturated heterocycles. The van der Waals surface area contributed by atoms with Gasteiger partial charge in [0.25, 0.3) is 0 Å². The molecule has 40 valence electrons. The van der Waals surface area contributed by atoms with Gasteiger partial charge in [-0.1, -0.05) is 0 Å². The monoisotopic (exact) mass is 100 g/mol. The molecule has 0 bridgehead atoms. The molecule has 6 heavy (non-hydrogen) atoms. The Balaban J connectivity index is -0.0000000150. The van der Waals surface area contributed by atoms with Crippen molar-refractivity contribution in [3.8, 4) is 0 Å². The first-order valence-electron chi connectivity index (χ1n) is 0.548. The summed E-state index contributed by atoms with van der Waals surface area (Å²) < 4.78 is 0. The van der Waals surface area contributed by atoms with Crippen molar-refractivity contribution in [1.82, 2.24) is 6.15 Å². The van der Waals surface area contributed by atoms with E-state index in [0.29, 0.717) is 0 Å². The fraction of sp³-hybridized carbons (Fsp3) is 0. The second kappa shape index (κ2) is 8.94. The highest BCUT2D eigenvalue weighted by atomic mass is 19.0. The van der Waals surface area contributed by atoms with Gasteiger partial charge >= 0.3 is 1.43 Å². The average Bonchev–Trinajstić information content (AvgIpc) is 0.811. The van der Waals surface area contributed by atoms with Crippen LogP contribution in [0, 0.1) is 15.3 Å². The lowest BCUT2D eigenvalue weighted by Gasteiger charge is -1.74. The zero-order valence-electron chi connectivity index (χ0n) is 3.79. The number of halogens is 1.